The number of benzene rings is 3. The summed E-state index contributed by atoms with van der Waals surface area (Å²) in [6.07, 6.45) is 3.11. The number of sulfonamides is 1. The number of anilines is 1. The molecule has 3 heterocycles. The van der Waals surface area contributed by atoms with Gasteiger partial charge in [0.15, 0.2) is 11.2 Å². The maximum atomic E-state index is 13.9. The number of pyridine rings is 1. The molecule has 0 bridgehead atoms. The molecule has 0 fully saturated rings. The molecule has 0 aliphatic rings. The Kier molecular flexibility index (Phi) is 6.18. The number of hydrogen-bond donors (Lipinski definition) is 2. The molecule has 0 saturated carbocycles. The molecule has 198 valence electrons. The number of hydrogen-bond acceptors (Lipinski definition) is 7. The monoisotopic (exact) mass is 569 g/mol. The van der Waals surface area contributed by atoms with Gasteiger partial charge in [-0.15, -0.1) is 0 Å². The zero-order chi connectivity index (χ0) is 28.0. The van der Waals surface area contributed by atoms with Crippen LogP contribution >= 0.6 is 11.6 Å². The Morgan fingerprint density at radius 3 is 2.17 bits per heavy atom. The Bertz CT molecular complexity index is 2050. The number of nitrogens with two attached hydrogens (primary N) is 2. The van der Waals surface area contributed by atoms with Crippen molar-refractivity contribution >= 4 is 38.6 Å². The second kappa shape index (κ2) is 9.72. The third-order valence-corrected chi connectivity index (χ3v) is 7.51. The molecule has 0 spiro atoms. The van der Waals surface area contributed by atoms with E-state index in [0.29, 0.717) is 33.6 Å². The highest BCUT2D eigenvalue weighted by atomic mass is 35.5. The van der Waals surface area contributed by atoms with Gasteiger partial charge in [0, 0.05) is 28.0 Å². The van der Waals surface area contributed by atoms with Crippen molar-refractivity contribution in [3.8, 4) is 33.9 Å². The van der Waals surface area contributed by atoms with Crippen molar-refractivity contribution < 1.29 is 8.42 Å². The average molecular weight is 570 g/mol. The van der Waals surface area contributed by atoms with Gasteiger partial charge in [-0.05, 0) is 60.2 Å². The van der Waals surface area contributed by atoms with Crippen LogP contribution in [0.4, 0.5) is 5.82 Å². The summed E-state index contributed by atoms with van der Waals surface area (Å²) in [4.78, 5) is 27.2. The van der Waals surface area contributed by atoms with Gasteiger partial charge < -0.3 is 5.73 Å². The number of halogens is 1. The lowest BCUT2D eigenvalue weighted by molar-refractivity contribution is 0.597. The summed E-state index contributed by atoms with van der Waals surface area (Å²) in [5.74, 6) is 0.780. The van der Waals surface area contributed by atoms with E-state index in [-0.39, 0.29) is 16.1 Å². The maximum absolute atomic E-state index is 13.9. The number of nitrogens with zero attached hydrogens (tertiary/aromatic N) is 5. The van der Waals surface area contributed by atoms with E-state index in [1.54, 1.807) is 53.2 Å². The van der Waals surface area contributed by atoms with Crippen LogP contribution in [0.15, 0.2) is 107 Å². The lowest BCUT2D eigenvalue weighted by atomic mass is 10.1. The molecule has 0 unspecified atom stereocenters. The fourth-order valence-electron chi connectivity index (χ4n) is 4.36. The van der Waals surface area contributed by atoms with Crippen molar-refractivity contribution in [1.29, 1.82) is 0 Å². The van der Waals surface area contributed by atoms with Crippen LogP contribution in [0.1, 0.15) is 0 Å². The minimum Gasteiger partial charge on any atom is -0.384 e. The van der Waals surface area contributed by atoms with E-state index in [4.69, 9.17) is 27.5 Å². The van der Waals surface area contributed by atoms with Gasteiger partial charge in [-0.25, -0.2) is 28.5 Å². The quantitative estimate of drug-likeness (QED) is 0.316. The third kappa shape index (κ3) is 4.62. The second-order valence-electron chi connectivity index (χ2n) is 8.93. The molecule has 0 amide bonds. The zero-order valence-corrected chi connectivity index (χ0v) is 22.2. The molecule has 10 nitrogen and oxygen atoms in total. The van der Waals surface area contributed by atoms with Crippen molar-refractivity contribution in [3.63, 3.8) is 0 Å². The van der Waals surface area contributed by atoms with E-state index in [0.717, 1.165) is 11.1 Å². The molecule has 3 aromatic heterocycles. The molecule has 0 radical (unpaired) electrons. The van der Waals surface area contributed by atoms with Crippen molar-refractivity contribution in [3.05, 3.63) is 113 Å². The predicted molar refractivity (Wildman–Crippen MR) is 154 cm³/mol. The van der Waals surface area contributed by atoms with Gasteiger partial charge in [0.1, 0.15) is 18.0 Å². The van der Waals surface area contributed by atoms with Crippen LogP contribution in [0.25, 0.3) is 45.1 Å². The van der Waals surface area contributed by atoms with Crippen molar-refractivity contribution in [1.82, 2.24) is 24.1 Å². The first-order valence-corrected chi connectivity index (χ1v) is 13.8. The molecule has 0 saturated heterocycles. The molecule has 6 rings (SSSR count). The van der Waals surface area contributed by atoms with Crippen LogP contribution < -0.4 is 16.4 Å². The maximum Gasteiger partial charge on any atom is 0.286 e. The first-order valence-electron chi connectivity index (χ1n) is 11.9. The average Bonchev–Trinajstić information content (AvgIpc) is 3.38. The summed E-state index contributed by atoms with van der Waals surface area (Å²) in [5, 5.41) is 5.85. The van der Waals surface area contributed by atoms with Crippen molar-refractivity contribution in [2.75, 3.05) is 5.73 Å². The van der Waals surface area contributed by atoms with E-state index >= 15 is 0 Å². The largest absolute Gasteiger partial charge is 0.384 e. The smallest absolute Gasteiger partial charge is 0.286 e. The first-order chi connectivity index (χ1) is 19.2. The Morgan fingerprint density at radius 2 is 1.50 bits per heavy atom. The summed E-state index contributed by atoms with van der Waals surface area (Å²) in [5.41, 5.74) is 9.10. The molecule has 12 heteroatoms. The van der Waals surface area contributed by atoms with Crippen molar-refractivity contribution in [2.24, 2.45) is 5.14 Å². The standard InChI is InChI=1S/C28H20ClN7O3S/c29-20-9-11-21(12-10-20)36-26(18-6-4-17(5-7-18)19-8-13-24(30)32-15-19)34-27-25(28(36)37)33-16-35(27)22-2-1-3-23(14-22)40(31,38)39/h1-16H,(H2,30,32)(H2,31,38,39). The van der Waals surface area contributed by atoms with Crippen LogP contribution in [0.2, 0.25) is 5.02 Å². The summed E-state index contributed by atoms with van der Waals surface area (Å²) >= 11 is 6.11. The topological polar surface area (TPSA) is 152 Å². The van der Waals surface area contributed by atoms with Gasteiger partial charge in [0.25, 0.3) is 5.56 Å². The van der Waals surface area contributed by atoms with E-state index in [9.17, 15) is 13.2 Å². The van der Waals surface area contributed by atoms with Gasteiger partial charge in [-0.3, -0.25) is 13.9 Å². The molecule has 6 aromatic rings. The van der Waals surface area contributed by atoms with E-state index in [2.05, 4.69) is 9.97 Å². The molecular formula is C28H20ClN7O3S. The second-order valence-corrected chi connectivity index (χ2v) is 10.9. The number of fused-ring (bicyclic) bond motifs is 1. The number of primary sulfonamides is 1. The fraction of sp³-hybridized carbons (Fsp3) is 0. The van der Waals surface area contributed by atoms with Gasteiger partial charge >= 0.3 is 0 Å². The molecule has 40 heavy (non-hydrogen) atoms. The highest BCUT2D eigenvalue weighted by Crippen LogP contribution is 2.27. The van der Waals surface area contributed by atoms with Crippen LogP contribution in [-0.2, 0) is 10.0 Å². The van der Waals surface area contributed by atoms with Gasteiger partial charge in [-0.2, -0.15) is 0 Å². The normalized spacial score (nSPS) is 11.7. The lowest BCUT2D eigenvalue weighted by Gasteiger charge is -2.14. The molecular weight excluding hydrogens is 550 g/mol. The zero-order valence-electron chi connectivity index (χ0n) is 20.6. The number of aromatic nitrogens is 5. The van der Waals surface area contributed by atoms with Crippen LogP contribution in [0.5, 0.6) is 0 Å². The molecule has 4 N–H and O–H groups in total. The Morgan fingerprint density at radius 1 is 0.800 bits per heavy atom. The minimum atomic E-state index is -3.95. The van der Waals surface area contributed by atoms with E-state index < -0.39 is 15.6 Å². The number of nitrogen functional groups attached to an aromatic ring is 1. The van der Waals surface area contributed by atoms with Crippen LogP contribution in [0, 0.1) is 0 Å². The Labute approximate surface area is 233 Å². The summed E-state index contributed by atoms with van der Waals surface area (Å²) < 4.78 is 26.9. The Hall–Kier alpha value is -4.84. The third-order valence-electron chi connectivity index (χ3n) is 6.34. The highest BCUT2D eigenvalue weighted by molar-refractivity contribution is 7.89. The van der Waals surface area contributed by atoms with Crippen LogP contribution in [0.3, 0.4) is 0 Å². The van der Waals surface area contributed by atoms with Gasteiger partial charge in [0.05, 0.1) is 10.6 Å². The van der Waals surface area contributed by atoms with Crippen molar-refractivity contribution in [2.45, 2.75) is 4.90 Å². The summed E-state index contributed by atoms with van der Waals surface area (Å²) in [7, 11) is -3.95. The number of rotatable bonds is 5. The van der Waals surface area contributed by atoms with Crippen LogP contribution in [-0.4, -0.2) is 32.5 Å². The molecule has 0 aliphatic carbocycles. The predicted octanol–water partition coefficient (Wildman–Crippen LogP) is 4.18. The molecule has 0 aliphatic heterocycles. The molecule has 3 aromatic carbocycles. The SMILES string of the molecule is Nc1ccc(-c2ccc(-c3nc4c(ncn4-c4cccc(S(N)(=O)=O)c4)c(=O)n3-c3ccc(Cl)cc3)cc2)cn1. The Balaban J connectivity index is 1.57. The fourth-order valence-corrected chi connectivity index (χ4v) is 5.04. The summed E-state index contributed by atoms with van der Waals surface area (Å²) in [6, 6.07) is 24.0. The van der Waals surface area contributed by atoms with Gasteiger partial charge in [-0.1, -0.05) is 41.9 Å². The van der Waals surface area contributed by atoms with Gasteiger partial charge in [0.2, 0.25) is 10.0 Å². The number of imidazole rings is 1. The molecule has 0 atom stereocenters. The lowest BCUT2D eigenvalue weighted by Crippen LogP contribution is -2.22. The van der Waals surface area contributed by atoms with E-state index in [1.165, 1.54) is 23.0 Å². The first kappa shape index (κ1) is 25.4. The minimum absolute atomic E-state index is 0.0747. The summed E-state index contributed by atoms with van der Waals surface area (Å²) in [6.45, 7) is 0. The highest BCUT2D eigenvalue weighted by Gasteiger charge is 2.20. The van der Waals surface area contributed by atoms with E-state index in [1.807, 2.05) is 30.3 Å².